The summed E-state index contributed by atoms with van der Waals surface area (Å²) < 4.78 is 0. The Bertz CT molecular complexity index is 744. The number of hydrogen-bond acceptors (Lipinski definition) is 2. The molecule has 0 saturated carbocycles. The van der Waals surface area contributed by atoms with Gasteiger partial charge in [0.2, 0.25) is 0 Å². The minimum atomic E-state index is -0.721. The van der Waals surface area contributed by atoms with Gasteiger partial charge < -0.3 is 10.2 Å². The number of carbonyl (C=O) groups is 2. The topological polar surface area (TPSA) is 74.6 Å². The number of carboxylic acid groups (broad SMARTS) is 2. The number of benzene rings is 1. The molecule has 30 heavy (non-hydrogen) atoms. The van der Waals surface area contributed by atoms with Gasteiger partial charge in [0.05, 0.1) is 10.8 Å². The predicted octanol–water partition coefficient (Wildman–Crippen LogP) is 6.65. The van der Waals surface area contributed by atoms with Crippen molar-refractivity contribution in [1.82, 2.24) is 0 Å². The Kier molecular flexibility index (Phi) is 9.58. The molecule has 2 N–H and O–H groups in total. The highest BCUT2D eigenvalue weighted by Crippen LogP contribution is 2.28. The maximum atomic E-state index is 11.3. The van der Waals surface area contributed by atoms with Crippen molar-refractivity contribution in [3.63, 3.8) is 0 Å². The highest BCUT2D eigenvalue weighted by atomic mass is 16.4. The fourth-order valence-corrected chi connectivity index (χ4v) is 4.01. The summed E-state index contributed by atoms with van der Waals surface area (Å²) in [4.78, 5) is 22.5. The number of aliphatic carboxylic acids is 2. The molecule has 1 aromatic rings. The molecule has 0 amide bonds. The van der Waals surface area contributed by atoms with Crippen LogP contribution in [-0.4, -0.2) is 22.2 Å². The Morgan fingerprint density at radius 3 is 1.70 bits per heavy atom. The van der Waals surface area contributed by atoms with Crippen molar-refractivity contribution in [2.24, 2.45) is 10.8 Å². The third-order valence-electron chi connectivity index (χ3n) is 6.75. The van der Waals surface area contributed by atoms with Crippen LogP contribution in [0.1, 0.15) is 100 Å². The average Bonchev–Trinajstić information content (AvgIpc) is 2.64. The van der Waals surface area contributed by atoms with Gasteiger partial charge in [-0.3, -0.25) is 9.59 Å². The molecule has 0 radical (unpaired) electrons. The molecule has 0 aliphatic heterocycles. The van der Waals surface area contributed by atoms with Crippen LogP contribution >= 0.6 is 0 Å². The third kappa shape index (κ3) is 7.45. The molecule has 1 aromatic carbocycles. The van der Waals surface area contributed by atoms with Crippen LogP contribution in [0.4, 0.5) is 0 Å². The van der Waals surface area contributed by atoms with Gasteiger partial charge >= 0.3 is 11.9 Å². The first-order chi connectivity index (χ1) is 13.8. The smallest absolute Gasteiger partial charge is 0.309 e. The summed E-state index contributed by atoms with van der Waals surface area (Å²) in [6, 6.07) is 2.32. The standard InChI is InChI=1S/C26H42O4/c1-18-17-21(13-9-8-11-15-25(4,5)23(27)28)19(2)20(3)22(18)14-10-12-16-26(6,7)24(29)30/h17H,8-16H2,1-7H3,(H,27,28)(H,29,30). The van der Waals surface area contributed by atoms with Crippen LogP contribution in [0.2, 0.25) is 0 Å². The average molecular weight is 419 g/mol. The van der Waals surface area contributed by atoms with E-state index in [1.807, 2.05) is 0 Å². The fraction of sp³-hybridized carbons (Fsp3) is 0.692. The highest BCUT2D eigenvalue weighted by Gasteiger charge is 2.26. The van der Waals surface area contributed by atoms with E-state index in [9.17, 15) is 19.8 Å². The quantitative estimate of drug-likeness (QED) is 0.352. The lowest BCUT2D eigenvalue weighted by Crippen LogP contribution is -2.23. The Labute approximate surface area is 183 Å². The fourth-order valence-electron chi connectivity index (χ4n) is 4.01. The molecule has 0 atom stereocenters. The molecule has 0 aliphatic carbocycles. The second-order valence-electron chi connectivity index (χ2n) is 10.2. The van der Waals surface area contributed by atoms with Gasteiger partial charge in [-0.2, -0.15) is 0 Å². The molecule has 0 unspecified atom stereocenters. The van der Waals surface area contributed by atoms with Crippen LogP contribution in [0.25, 0.3) is 0 Å². The predicted molar refractivity (Wildman–Crippen MR) is 123 cm³/mol. The van der Waals surface area contributed by atoms with Crippen molar-refractivity contribution in [3.05, 3.63) is 33.9 Å². The van der Waals surface area contributed by atoms with Crippen LogP contribution in [0.15, 0.2) is 6.07 Å². The Morgan fingerprint density at radius 1 is 0.733 bits per heavy atom. The molecule has 170 valence electrons. The molecule has 0 fully saturated rings. The van der Waals surface area contributed by atoms with Gasteiger partial charge in [0.15, 0.2) is 0 Å². The van der Waals surface area contributed by atoms with Crippen molar-refractivity contribution >= 4 is 11.9 Å². The summed E-state index contributed by atoms with van der Waals surface area (Å²) >= 11 is 0. The third-order valence-corrected chi connectivity index (χ3v) is 6.75. The van der Waals surface area contributed by atoms with Gasteiger partial charge in [0.25, 0.3) is 0 Å². The van der Waals surface area contributed by atoms with Gasteiger partial charge in [0.1, 0.15) is 0 Å². The Hall–Kier alpha value is -1.84. The van der Waals surface area contributed by atoms with E-state index < -0.39 is 22.8 Å². The first-order valence-corrected chi connectivity index (χ1v) is 11.3. The number of aryl methyl sites for hydroxylation is 2. The normalized spacial score (nSPS) is 12.2. The summed E-state index contributed by atoms with van der Waals surface area (Å²) in [5, 5.41) is 18.5. The Balaban J connectivity index is 2.60. The van der Waals surface area contributed by atoms with E-state index in [0.717, 1.165) is 51.4 Å². The maximum Gasteiger partial charge on any atom is 0.309 e. The van der Waals surface area contributed by atoms with Crippen LogP contribution in [-0.2, 0) is 22.4 Å². The first-order valence-electron chi connectivity index (χ1n) is 11.3. The lowest BCUT2D eigenvalue weighted by molar-refractivity contribution is -0.148. The zero-order valence-corrected chi connectivity index (χ0v) is 20.2. The zero-order chi connectivity index (χ0) is 23.1. The largest absolute Gasteiger partial charge is 0.481 e. The summed E-state index contributed by atoms with van der Waals surface area (Å²) in [6.07, 6.45) is 8.47. The van der Waals surface area contributed by atoms with E-state index >= 15 is 0 Å². The highest BCUT2D eigenvalue weighted by molar-refractivity contribution is 5.73. The van der Waals surface area contributed by atoms with E-state index in [-0.39, 0.29) is 0 Å². The minimum absolute atomic E-state index is 0.635. The van der Waals surface area contributed by atoms with Crippen molar-refractivity contribution in [2.45, 2.75) is 106 Å². The molecule has 0 aliphatic rings. The van der Waals surface area contributed by atoms with Crippen molar-refractivity contribution in [2.75, 3.05) is 0 Å². The molecule has 0 aromatic heterocycles. The van der Waals surface area contributed by atoms with Crippen molar-refractivity contribution in [3.8, 4) is 0 Å². The van der Waals surface area contributed by atoms with Crippen LogP contribution in [0.5, 0.6) is 0 Å². The van der Waals surface area contributed by atoms with Gasteiger partial charge in [0, 0.05) is 0 Å². The monoisotopic (exact) mass is 418 g/mol. The van der Waals surface area contributed by atoms with E-state index in [0.29, 0.717) is 6.42 Å². The number of rotatable bonds is 13. The molecule has 4 nitrogen and oxygen atoms in total. The van der Waals surface area contributed by atoms with E-state index in [4.69, 9.17) is 0 Å². The summed E-state index contributed by atoms with van der Waals surface area (Å²) in [7, 11) is 0. The van der Waals surface area contributed by atoms with Crippen LogP contribution < -0.4 is 0 Å². The minimum Gasteiger partial charge on any atom is -0.481 e. The molecule has 1 rings (SSSR count). The lowest BCUT2D eigenvalue weighted by atomic mass is 9.85. The lowest BCUT2D eigenvalue weighted by Gasteiger charge is -2.20. The zero-order valence-electron chi connectivity index (χ0n) is 20.2. The van der Waals surface area contributed by atoms with E-state index in [1.165, 1.54) is 27.8 Å². The van der Waals surface area contributed by atoms with E-state index in [1.54, 1.807) is 27.7 Å². The van der Waals surface area contributed by atoms with Gasteiger partial charge in [-0.15, -0.1) is 0 Å². The van der Waals surface area contributed by atoms with Crippen LogP contribution in [0.3, 0.4) is 0 Å². The summed E-state index contributed by atoms with van der Waals surface area (Å²) in [5.74, 6) is -1.44. The number of hydrogen-bond donors (Lipinski definition) is 2. The molecule has 0 heterocycles. The summed E-state index contributed by atoms with van der Waals surface area (Å²) in [5.41, 5.74) is 5.60. The molecular formula is C26H42O4. The number of unbranched alkanes of at least 4 members (excludes halogenated alkanes) is 3. The molecule has 4 heteroatoms. The second-order valence-corrected chi connectivity index (χ2v) is 10.2. The van der Waals surface area contributed by atoms with Crippen LogP contribution in [0, 0.1) is 31.6 Å². The Morgan fingerprint density at radius 2 is 1.20 bits per heavy atom. The maximum absolute atomic E-state index is 11.3. The van der Waals surface area contributed by atoms with Crippen molar-refractivity contribution in [1.29, 1.82) is 0 Å². The molecule has 0 spiro atoms. The first kappa shape index (κ1) is 26.2. The number of carboxylic acids is 2. The molecular weight excluding hydrogens is 376 g/mol. The second kappa shape index (κ2) is 11.0. The molecule has 0 bridgehead atoms. The SMILES string of the molecule is Cc1cc(CCCCCC(C)(C)C(=O)O)c(C)c(C)c1CCCCC(C)(C)C(=O)O. The molecule has 0 saturated heterocycles. The van der Waals surface area contributed by atoms with Gasteiger partial charge in [-0.1, -0.05) is 25.3 Å². The van der Waals surface area contributed by atoms with E-state index in [2.05, 4.69) is 26.8 Å². The summed E-state index contributed by atoms with van der Waals surface area (Å²) in [6.45, 7) is 13.8. The van der Waals surface area contributed by atoms with Gasteiger partial charge in [-0.05, 0) is 115 Å². The van der Waals surface area contributed by atoms with Crippen molar-refractivity contribution < 1.29 is 19.8 Å². The van der Waals surface area contributed by atoms with Gasteiger partial charge in [-0.25, -0.2) is 0 Å².